The van der Waals surface area contributed by atoms with Crippen LogP contribution in [0.25, 0.3) is 17.3 Å². The van der Waals surface area contributed by atoms with Crippen molar-refractivity contribution in [2.45, 2.75) is 13.5 Å². The highest BCUT2D eigenvalue weighted by molar-refractivity contribution is 7.07. The maximum Gasteiger partial charge on any atom is 0.332 e. The molecule has 9 heteroatoms. The van der Waals surface area contributed by atoms with E-state index >= 15 is 0 Å². The molecule has 0 bridgehead atoms. The van der Waals surface area contributed by atoms with E-state index in [4.69, 9.17) is 9.15 Å². The summed E-state index contributed by atoms with van der Waals surface area (Å²) in [6.45, 7) is 1.89. The highest BCUT2D eigenvalue weighted by Crippen LogP contribution is 2.04. The summed E-state index contributed by atoms with van der Waals surface area (Å²) in [5.74, 6) is -0.825. The van der Waals surface area contributed by atoms with E-state index in [0.29, 0.717) is 11.4 Å². The number of esters is 1. The molecule has 0 fully saturated rings. The average molecular weight is 423 g/mol. The zero-order valence-corrected chi connectivity index (χ0v) is 16.8. The first-order valence-electron chi connectivity index (χ1n) is 8.96. The van der Waals surface area contributed by atoms with Crippen LogP contribution in [0.15, 0.2) is 57.9 Å². The normalized spacial score (nSPS) is 12.2. The maximum absolute atomic E-state index is 13.0. The molecule has 0 atom stereocenters. The van der Waals surface area contributed by atoms with Gasteiger partial charge in [-0.15, -0.1) is 11.3 Å². The molecule has 0 saturated carbocycles. The molecule has 1 N–H and O–H groups in total. The maximum atomic E-state index is 13.0. The molecule has 0 radical (unpaired) electrons. The lowest BCUT2D eigenvalue weighted by molar-refractivity contribution is -0.135. The number of ether oxygens (including phenoxy) is 1. The third-order valence-electron chi connectivity index (χ3n) is 3.93. The van der Waals surface area contributed by atoms with Gasteiger partial charge in [-0.3, -0.25) is 14.2 Å². The van der Waals surface area contributed by atoms with Gasteiger partial charge >= 0.3 is 5.97 Å². The standard InChI is InChI=1S/C21H17N3O5S/c1-2-28-18(25)11-17-20(27)24(14-7-4-3-5-8-14)21(30-17)16(12-22)19(26)23-13-15-9-6-10-29-15/h3-11H,2,13H2,1H3,(H,23,26)/b17-11+,21-16+. The number of nitrogens with zero attached hydrogens (tertiary/aromatic N) is 2. The first-order valence-corrected chi connectivity index (χ1v) is 9.77. The van der Waals surface area contributed by atoms with Gasteiger partial charge in [0.1, 0.15) is 21.0 Å². The Morgan fingerprint density at radius 1 is 1.27 bits per heavy atom. The Hall–Kier alpha value is -3.90. The second kappa shape index (κ2) is 9.54. The quantitative estimate of drug-likeness (QED) is 0.588. The number of carbonyl (C=O) groups excluding carboxylic acids is 2. The second-order valence-electron chi connectivity index (χ2n) is 5.89. The van der Waals surface area contributed by atoms with Crippen molar-refractivity contribution in [2.75, 3.05) is 6.61 Å². The van der Waals surface area contributed by atoms with Crippen molar-refractivity contribution in [3.63, 3.8) is 0 Å². The van der Waals surface area contributed by atoms with Crippen LogP contribution in [0.3, 0.4) is 0 Å². The SMILES string of the molecule is CCOC(=O)/C=c1/s/c(=C(\C#N)C(=O)NCc2ccco2)n(-c2ccccc2)c1=O. The molecule has 1 amide bonds. The molecule has 1 aromatic carbocycles. The molecule has 3 aromatic rings. The first-order chi connectivity index (χ1) is 14.5. The van der Waals surface area contributed by atoms with Gasteiger partial charge in [-0.25, -0.2) is 4.79 Å². The van der Waals surface area contributed by atoms with Crippen LogP contribution in [0.4, 0.5) is 0 Å². The number of carbonyl (C=O) groups is 2. The Balaban J connectivity index is 2.17. The molecule has 0 aliphatic carbocycles. The molecular formula is C21H17N3O5S. The lowest BCUT2D eigenvalue weighted by Gasteiger charge is -2.04. The van der Waals surface area contributed by atoms with Crippen LogP contribution in [0, 0.1) is 11.3 Å². The third kappa shape index (κ3) is 4.56. The van der Waals surface area contributed by atoms with Crippen LogP contribution in [0.2, 0.25) is 0 Å². The Morgan fingerprint density at radius 2 is 2.03 bits per heavy atom. The molecule has 2 aromatic heterocycles. The molecule has 3 rings (SSSR count). The van der Waals surface area contributed by atoms with Gasteiger partial charge in [0, 0.05) is 6.08 Å². The van der Waals surface area contributed by atoms with Crippen LogP contribution in [-0.4, -0.2) is 23.1 Å². The predicted molar refractivity (Wildman–Crippen MR) is 110 cm³/mol. The smallest absolute Gasteiger partial charge is 0.332 e. The second-order valence-corrected chi connectivity index (χ2v) is 6.92. The van der Waals surface area contributed by atoms with Gasteiger partial charge in [0.05, 0.1) is 25.1 Å². The molecule has 30 heavy (non-hydrogen) atoms. The van der Waals surface area contributed by atoms with E-state index in [9.17, 15) is 19.6 Å². The zero-order chi connectivity index (χ0) is 21.5. The average Bonchev–Trinajstić information content (AvgIpc) is 3.36. The van der Waals surface area contributed by atoms with Gasteiger partial charge < -0.3 is 14.5 Å². The minimum Gasteiger partial charge on any atom is -0.467 e. The van der Waals surface area contributed by atoms with Crippen molar-refractivity contribution >= 4 is 34.9 Å². The largest absolute Gasteiger partial charge is 0.467 e. The van der Waals surface area contributed by atoms with E-state index in [0.717, 1.165) is 17.4 Å². The van der Waals surface area contributed by atoms with Crippen molar-refractivity contribution in [3.05, 3.63) is 74.0 Å². The highest BCUT2D eigenvalue weighted by Gasteiger charge is 2.17. The summed E-state index contributed by atoms with van der Waals surface area (Å²) >= 11 is 0.870. The summed E-state index contributed by atoms with van der Waals surface area (Å²) in [6.07, 6.45) is 2.54. The van der Waals surface area contributed by atoms with E-state index in [1.54, 1.807) is 49.4 Å². The van der Waals surface area contributed by atoms with E-state index < -0.39 is 17.4 Å². The number of aromatic nitrogens is 1. The fraction of sp³-hybridized carbons (Fsp3) is 0.143. The fourth-order valence-corrected chi connectivity index (χ4v) is 3.68. The van der Waals surface area contributed by atoms with Gasteiger partial charge in [0.2, 0.25) is 0 Å². The summed E-state index contributed by atoms with van der Waals surface area (Å²) in [5.41, 5.74) is -0.319. The zero-order valence-electron chi connectivity index (χ0n) is 16.0. The number of benzene rings is 1. The van der Waals surface area contributed by atoms with Gasteiger partial charge in [-0.05, 0) is 31.2 Å². The number of para-hydroxylation sites is 1. The van der Waals surface area contributed by atoms with Gasteiger partial charge in [0.15, 0.2) is 5.57 Å². The lowest BCUT2D eigenvalue weighted by Crippen LogP contribution is -2.34. The lowest BCUT2D eigenvalue weighted by atomic mass is 10.2. The summed E-state index contributed by atoms with van der Waals surface area (Å²) in [7, 11) is 0. The van der Waals surface area contributed by atoms with Crippen molar-refractivity contribution in [2.24, 2.45) is 0 Å². The van der Waals surface area contributed by atoms with E-state index in [-0.39, 0.29) is 27.9 Å². The molecule has 0 aliphatic rings. The van der Waals surface area contributed by atoms with Crippen LogP contribution >= 0.6 is 11.3 Å². The number of hydrogen-bond donors (Lipinski definition) is 1. The Morgan fingerprint density at radius 3 is 2.67 bits per heavy atom. The minimum atomic E-state index is -0.677. The molecular weight excluding hydrogens is 406 g/mol. The van der Waals surface area contributed by atoms with Gasteiger partial charge in [-0.2, -0.15) is 5.26 Å². The molecule has 0 unspecified atom stereocenters. The fourth-order valence-electron chi connectivity index (χ4n) is 2.62. The number of thiazole rings is 1. The summed E-state index contributed by atoms with van der Waals surface area (Å²) in [5, 5.41) is 12.3. The molecule has 8 nitrogen and oxygen atoms in total. The topological polar surface area (TPSA) is 114 Å². The monoisotopic (exact) mass is 423 g/mol. The van der Waals surface area contributed by atoms with Crippen LogP contribution < -0.4 is 20.1 Å². The molecule has 0 saturated heterocycles. The molecule has 0 spiro atoms. The van der Waals surface area contributed by atoms with Crippen molar-refractivity contribution in [3.8, 4) is 11.8 Å². The summed E-state index contributed by atoms with van der Waals surface area (Å²) in [4.78, 5) is 37.5. The number of nitriles is 1. The predicted octanol–water partition coefficient (Wildman–Crippen LogP) is 0.826. The molecule has 152 valence electrons. The number of amides is 1. The van der Waals surface area contributed by atoms with E-state index in [2.05, 4.69) is 5.32 Å². The van der Waals surface area contributed by atoms with Crippen LogP contribution in [0.1, 0.15) is 12.7 Å². The van der Waals surface area contributed by atoms with Crippen molar-refractivity contribution < 1.29 is 18.7 Å². The Kier molecular flexibility index (Phi) is 6.62. The summed E-state index contributed by atoms with van der Waals surface area (Å²) in [6, 6.07) is 13.8. The highest BCUT2D eigenvalue weighted by atomic mass is 32.1. The number of furan rings is 1. The molecule has 0 aliphatic heterocycles. The first kappa shape index (κ1) is 20.8. The van der Waals surface area contributed by atoms with Crippen molar-refractivity contribution in [1.82, 2.24) is 9.88 Å². The Labute approximate surface area is 174 Å². The minimum absolute atomic E-state index is 0.0545. The summed E-state index contributed by atoms with van der Waals surface area (Å²) < 4.78 is 11.4. The number of hydrogen-bond acceptors (Lipinski definition) is 7. The van der Waals surface area contributed by atoms with Crippen molar-refractivity contribution in [1.29, 1.82) is 5.26 Å². The van der Waals surface area contributed by atoms with E-state index in [1.807, 2.05) is 6.07 Å². The number of rotatable bonds is 6. The van der Waals surface area contributed by atoms with E-state index in [1.165, 1.54) is 10.8 Å². The number of nitrogens with one attached hydrogen (secondary N) is 1. The van der Waals surface area contributed by atoms with Gasteiger partial charge in [0.25, 0.3) is 11.5 Å². The molecule has 2 heterocycles. The Bertz CT molecular complexity index is 1260. The van der Waals surface area contributed by atoms with Crippen LogP contribution in [0.5, 0.6) is 0 Å². The van der Waals surface area contributed by atoms with Gasteiger partial charge in [-0.1, -0.05) is 18.2 Å². The third-order valence-corrected chi connectivity index (χ3v) is 5.02. The van der Waals surface area contributed by atoms with Crippen LogP contribution in [-0.2, 0) is 20.9 Å².